The van der Waals surface area contributed by atoms with Crippen LogP contribution in [-0.2, 0) is 11.8 Å². The second-order valence-electron chi connectivity index (χ2n) is 4.89. The maximum Gasteiger partial charge on any atom is 0.407 e. The smallest absolute Gasteiger partial charge is 0.407 e. The van der Waals surface area contributed by atoms with Gasteiger partial charge in [0.2, 0.25) is 0 Å². The first-order valence-electron chi connectivity index (χ1n) is 5.70. The molecule has 0 aliphatic rings. The fraction of sp³-hybridized carbons (Fsp3) is 0.500. The number of nitrogens with zero attached hydrogens (tertiary/aromatic N) is 2. The van der Waals surface area contributed by atoms with Crippen LogP contribution in [0.2, 0.25) is 0 Å². The quantitative estimate of drug-likeness (QED) is 0.854. The number of carbonyl (C=O) groups excluding carboxylic acids is 1. The van der Waals surface area contributed by atoms with E-state index in [0.29, 0.717) is 12.4 Å². The largest absolute Gasteiger partial charge is 0.444 e. The van der Waals surface area contributed by atoms with Crippen LogP contribution in [0.3, 0.4) is 0 Å². The normalized spacial score (nSPS) is 11.8. The predicted molar refractivity (Wildman–Crippen MR) is 70.9 cm³/mol. The molecule has 6 heteroatoms. The van der Waals surface area contributed by atoms with Crippen molar-refractivity contribution in [1.29, 1.82) is 0 Å². The first kappa shape index (κ1) is 14.1. The number of ether oxygens (including phenoxy) is 1. The molecule has 0 fully saturated rings. The van der Waals surface area contributed by atoms with Gasteiger partial charge in [-0.1, -0.05) is 12.2 Å². The molecular formula is C12H20N4O2. The van der Waals surface area contributed by atoms with Crippen molar-refractivity contribution < 1.29 is 9.53 Å². The van der Waals surface area contributed by atoms with Gasteiger partial charge in [-0.15, -0.1) is 0 Å². The van der Waals surface area contributed by atoms with Crippen molar-refractivity contribution >= 4 is 18.0 Å². The summed E-state index contributed by atoms with van der Waals surface area (Å²) in [6.45, 7) is 5.83. The molecule has 0 radical (unpaired) electrons. The Bertz CT molecular complexity index is 443. The first-order chi connectivity index (χ1) is 8.29. The van der Waals surface area contributed by atoms with Crippen LogP contribution in [0.4, 0.5) is 10.6 Å². The number of carbonyl (C=O) groups is 1. The van der Waals surface area contributed by atoms with Gasteiger partial charge in [-0.2, -0.15) is 5.10 Å². The molecule has 0 aliphatic heterocycles. The Hall–Kier alpha value is -1.98. The summed E-state index contributed by atoms with van der Waals surface area (Å²) in [7, 11) is 1.77. The van der Waals surface area contributed by atoms with Crippen molar-refractivity contribution in [3.8, 4) is 0 Å². The Morgan fingerprint density at radius 2 is 2.28 bits per heavy atom. The third kappa shape index (κ3) is 4.48. The predicted octanol–water partition coefficient (Wildman–Crippen LogP) is 1.54. The van der Waals surface area contributed by atoms with Gasteiger partial charge in [0.05, 0.1) is 6.20 Å². The minimum atomic E-state index is -0.485. The molecule has 0 aliphatic carbocycles. The molecule has 18 heavy (non-hydrogen) atoms. The van der Waals surface area contributed by atoms with Gasteiger partial charge in [-0.3, -0.25) is 4.68 Å². The third-order valence-corrected chi connectivity index (χ3v) is 2.07. The summed E-state index contributed by atoms with van der Waals surface area (Å²) >= 11 is 0. The topological polar surface area (TPSA) is 82.2 Å². The molecule has 1 aromatic heterocycles. The summed E-state index contributed by atoms with van der Waals surface area (Å²) in [6, 6.07) is 0. The maximum absolute atomic E-state index is 11.3. The molecule has 100 valence electrons. The van der Waals surface area contributed by atoms with Crippen LogP contribution in [0.1, 0.15) is 26.3 Å². The number of rotatable bonds is 3. The first-order valence-corrected chi connectivity index (χ1v) is 5.70. The van der Waals surface area contributed by atoms with Gasteiger partial charge in [0.15, 0.2) is 0 Å². The van der Waals surface area contributed by atoms with E-state index in [1.165, 1.54) is 0 Å². The molecule has 0 aromatic carbocycles. The lowest BCUT2D eigenvalue weighted by atomic mass is 10.2. The lowest BCUT2D eigenvalue weighted by molar-refractivity contribution is 0.0534. The number of hydrogen-bond donors (Lipinski definition) is 2. The van der Waals surface area contributed by atoms with E-state index >= 15 is 0 Å². The fourth-order valence-corrected chi connectivity index (χ4v) is 1.23. The number of nitrogen functional groups attached to an aromatic ring is 1. The van der Waals surface area contributed by atoms with E-state index in [0.717, 1.165) is 5.56 Å². The average molecular weight is 252 g/mol. The van der Waals surface area contributed by atoms with Crippen LogP contribution in [-0.4, -0.2) is 28.0 Å². The summed E-state index contributed by atoms with van der Waals surface area (Å²) < 4.78 is 6.68. The lowest BCUT2D eigenvalue weighted by Crippen LogP contribution is -2.32. The van der Waals surface area contributed by atoms with Crippen LogP contribution in [0, 0.1) is 0 Å². The maximum atomic E-state index is 11.3. The number of hydrogen-bond acceptors (Lipinski definition) is 4. The van der Waals surface area contributed by atoms with E-state index in [2.05, 4.69) is 10.4 Å². The second kappa shape index (κ2) is 5.57. The van der Waals surface area contributed by atoms with Crippen molar-refractivity contribution in [3.05, 3.63) is 17.8 Å². The number of anilines is 1. The van der Waals surface area contributed by atoms with E-state index in [9.17, 15) is 4.79 Å². The zero-order chi connectivity index (χ0) is 13.8. The number of aryl methyl sites for hydroxylation is 1. The monoisotopic (exact) mass is 252 g/mol. The Balaban J connectivity index is 2.38. The molecule has 1 heterocycles. The molecule has 1 rings (SSSR count). The molecular weight excluding hydrogens is 232 g/mol. The van der Waals surface area contributed by atoms with Gasteiger partial charge < -0.3 is 15.8 Å². The number of nitrogens with one attached hydrogen (secondary N) is 1. The molecule has 0 spiro atoms. The summed E-state index contributed by atoms with van der Waals surface area (Å²) in [5, 5.41) is 6.63. The highest BCUT2D eigenvalue weighted by Crippen LogP contribution is 2.10. The third-order valence-electron chi connectivity index (χ3n) is 2.07. The Kier molecular flexibility index (Phi) is 4.36. The van der Waals surface area contributed by atoms with Crippen LogP contribution >= 0.6 is 0 Å². The summed E-state index contributed by atoms with van der Waals surface area (Å²) in [5.41, 5.74) is 6.10. The van der Waals surface area contributed by atoms with Crippen molar-refractivity contribution in [2.24, 2.45) is 7.05 Å². The number of alkyl carbamates (subject to hydrolysis) is 1. The minimum absolute atomic E-state index is 0.378. The second-order valence-corrected chi connectivity index (χ2v) is 4.89. The van der Waals surface area contributed by atoms with Crippen molar-refractivity contribution in [2.75, 3.05) is 12.3 Å². The SMILES string of the molecule is Cn1ncc(C=CCNC(=O)OC(C)(C)C)c1N. The highest BCUT2D eigenvalue weighted by molar-refractivity contribution is 5.68. The zero-order valence-corrected chi connectivity index (χ0v) is 11.2. The summed E-state index contributed by atoms with van der Waals surface area (Å²) in [4.78, 5) is 11.3. The van der Waals surface area contributed by atoms with Gasteiger partial charge in [-0.25, -0.2) is 4.79 Å². The summed E-state index contributed by atoms with van der Waals surface area (Å²) in [5.74, 6) is 0.587. The molecule has 3 N–H and O–H groups in total. The van der Waals surface area contributed by atoms with E-state index in [1.54, 1.807) is 30.1 Å². The molecule has 0 saturated heterocycles. The molecule has 0 atom stereocenters. The van der Waals surface area contributed by atoms with Gasteiger partial charge in [0.1, 0.15) is 11.4 Å². The van der Waals surface area contributed by atoms with E-state index in [4.69, 9.17) is 10.5 Å². The van der Waals surface area contributed by atoms with E-state index < -0.39 is 11.7 Å². The fourth-order valence-electron chi connectivity index (χ4n) is 1.23. The number of nitrogens with two attached hydrogens (primary N) is 1. The minimum Gasteiger partial charge on any atom is -0.444 e. The Morgan fingerprint density at radius 3 is 2.78 bits per heavy atom. The van der Waals surface area contributed by atoms with Crippen molar-refractivity contribution in [3.63, 3.8) is 0 Å². The van der Waals surface area contributed by atoms with E-state index in [-0.39, 0.29) is 0 Å². The van der Waals surface area contributed by atoms with Gasteiger partial charge in [0.25, 0.3) is 0 Å². The Morgan fingerprint density at radius 1 is 1.61 bits per heavy atom. The molecule has 1 amide bonds. The van der Waals surface area contributed by atoms with Crippen LogP contribution in [0.15, 0.2) is 12.3 Å². The summed E-state index contributed by atoms with van der Waals surface area (Å²) in [6.07, 6.45) is 4.82. The highest BCUT2D eigenvalue weighted by Gasteiger charge is 2.14. The van der Waals surface area contributed by atoms with Crippen molar-refractivity contribution in [2.45, 2.75) is 26.4 Å². The molecule has 0 unspecified atom stereocenters. The molecule has 0 bridgehead atoms. The number of aromatic nitrogens is 2. The average Bonchev–Trinajstić information content (AvgIpc) is 2.53. The highest BCUT2D eigenvalue weighted by atomic mass is 16.6. The van der Waals surface area contributed by atoms with Crippen LogP contribution in [0.5, 0.6) is 0 Å². The van der Waals surface area contributed by atoms with Crippen LogP contribution in [0.25, 0.3) is 6.08 Å². The van der Waals surface area contributed by atoms with Gasteiger partial charge in [0, 0.05) is 19.2 Å². The van der Waals surface area contributed by atoms with Gasteiger partial charge in [-0.05, 0) is 20.8 Å². The van der Waals surface area contributed by atoms with Gasteiger partial charge >= 0.3 is 6.09 Å². The lowest BCUT2D eigenvalue weighted by Gasteiger charge is -2.19. The van der Waals surface area contributed by atoms with E-state index in [1.807, 2.05) is 20.8 Å². The Labute approximate surface area is 107 Å². The standard InChI is InChI=1S/C12H20N4O2/c1-12(2,3)18-11(17)14-7-5-6-9-8-15-16(4)10(9)13/h5-6,8H,7,13H2,1-4H3,(H,14,17). The molecule has 6 nitrogen and oxygen atoms in total. The van der Waals surface area contributed by atoms with Crippen molar-refractivity contribution in [1.82, 2.24) is 15.1 Å². The number of amides is 1. The zero-order valence-electron chi connectivity index (χ0n) is 11.2. The molecule has 1 aromatic rings. The van der Waals surface area contributed by atoms with Crippen LogP contribution < -0.4 is 11.1 Å². The molecule has 0 saturated carbocycles.